The molecule has 1 aromatic heterocycles. The molecule has 0 saturated carbocycles. The molecule has 8 heteroatoms. The third kappa shape index (κ3) is 5.18. The zero-order valence-corrected chi connectivity index (χ0v) is 13.2. The van der Waals surface area contributed by atoms with Crippen molar-refractivity contribution >= 4 is 9.84 Å². The van der Waals surface area contributed by atoms with Crippen LogP contribution in [-0.2, 0) is 14.6 Å². The molecule has 0 radical (unpaired) electrons. The molecule has 0 amide bonds. The van der Waals surface area contributed by atoms with E-state index >= 15 is 0 Å². The van der Waals surface area contributed by atoms with Gasteiger partial charge in [0, 0.05) is 12.9 Å². The Labute approximate surface area is 119 Å². The van der Waals surface area contributed by atoms with Crippen molar-refractivity contribution in [1.82, 2.24) is 10.1 Å². The Morgan fingerprint density at radius 1 is 1.40 bits per heavy atom. The van der Waals surface area contributed by atoms with Crippen LogP contribution in [0.1, 0.15) is 51.1 Å². The van der Waals surface area contributed by atoms with Crippen molar-refractivity contribution in [2.45, 2.75) is 39.3 Å². The third-order valence-electron chi connectivity index (χ3n) is 2.78. The first-order valence-electron chi connectivity index (χ1n) is 6.63. The highest BCUT2D eigenvalue weighted by Gasteiger charge is 2.24. The van der Waals surface area contributed by atoms with Gasteiger partial charge in [-0.05, 0) is 19.3 Å². The van der Waals surface area contributed by atoms with Gasteiger partial charge in [-0.2, -0.15) is 4.98 Å². The van der Waals surface area contributed by atoms with Crippen LogP contribution in [0.5, 0.6) is 0 Å². The Balaban J connectivity index is 2.75. The summed E-state index contributed by atoms with van der Waals surface area (Å²) in [4.78, 5) is 4.23. The second-order valence-corrected chi connectivity index (χ2v) is 7.40. The van der Waals surface area contributed by atoms with Gasteiger partial charge in [-0.1, -0.05) is 19.0 Å². The Kier molecular flexibility index (Phi) is 6.09. The van der Waals surface area contributed by atoms with E-state index in [2.05, 4.69) is 10.1 Å². The van der Waals surface area contributed by atoms with Gasteiger partial charge in [0.1, 0.15) is 15.9 Å². The van der Waals surface area contributed by atoms with Gasteiger partial charge in [0.25, 0.3) is 0 Å². The van der Waals surface area contributed by atoms with E-state index in [9.17, 15) is 8.42 Å². The summed E-state index contributed by atoms with van der Waals surface area (Å²) < 4.78 is 32.9. The van der Waals surface area contributed by atoms with Crippen molar-refractivity contribution in [2.24, 2.45) is 11.7 Å². The van der Waals surface area contributed by atoms with Crippen molar-refractivity contribution in [3.8, 4) is 0 Å². The normalized spacial score (nSPS) is 15.5. The molecule has 1 heterocycles. The molecular formula is C12H23N3O4S. The second-order valence-electron chi connectivity index (χ2n) is 5.14. The lowest BCUT2D eigenvalue weighted by molar-refractivity contribution is 0.0217. The van der Waals surface area contributed by atoms with Gasteiger partial charge >= 0.3 is 0 Å². The highest BCUT2D eigenvalue weighted by atomic mass is 32.2. The van der Waals surface area contributed by atoms with Crippen LogP contribution in [-0.4, -0.2) is 37.2 Å². The molecule has 20 heavy (non-hydrogen) atoms. The van der Waals surface area contributed by atoms with E-state index in [-0.39, 0.29) is 30.1 Å². The molecule has 2 unspecified atom stereocenters. The fourth-order valence-electron chi connectivity index (χ4n) is 1.72. The predicted molar refractivity (Wildman–Crippen MR) is 74.8 cm³/mol. The molecule has 0 bridgehead atoms. The summed E-state index contributed by atoms with van der Waals surface area (Å²) in [7, 11) is -3.05. The van der Waals surface area contributed by atoms with Crippen LogP contribution in [0.4, 0.5) is 0 Å². The Bertz CT molecular complexity index is 513. The van der Waals surface area contributed by atoms with E-state index in [0.29, 0.717) is 12.4 Å². The molecule has 0 aromatic carbocycles. The maximum atomic E-state index is 11.1. The van der Waals surface area contributed by atoms with Crippen molar-refractivity contribution in [2.75, 3.05) is 18.6 Å². The number of hydrogen-bond donors (Lipinski definition) is 1. The van der Waals surface area contributed by atoms with Gasteiger partial charge in [-0.3, -0.25) is 0 Å². The number of rotatable bonds is 8. The van der Waals surface area contributed by atoms with Gasteiger partial charge in [0.2, 0.25) is 11.7 Å². The summed E-state index contributed by atoms with van der Waals surface area (Å²) in [6, 6.07) is -0.583. The smallest absolute Gasteiger partial charge is 0.243 e. The number of nitrogens with zero attached hydrogens (tertiary/aromatic N) is 2. The first-order valence-corrected chi connectivity index (χ1v) is 8.69. The molecule has 0 saturated heterocycles. The van der Waals surface area contributed by atoms with Crippen LogP contribution in [0, 0.1) is 5.92 Å². The molecule has 0 aliphatic carbocycles. The van der Waals surface area contributed by atoms with Gasteiger partial charge in [0.15, 0.2) is 0 Å². The fourth-order valence-corrected chi connectivity index (χ4v) is 2.40. The minimum absolute atomic E-state index is 0.00898. The van der Waals surface area contributed by atoms with Crippen molar-refractivity contribution in [3.05, 3.63) is 11.7 Å². The SMILES string of the molecule is CCOC(c1noc(C(N)CCS(C)(=O)=O)n1)C(C)C. The van der Waals surface area contributed by atoms with Crippen LogP contribution in [0.25, 0.3) is 0 Å². The molecule has 2 N–H and O–H groups in total. The molecule has 1 aromatic rings. The standard InChI is InChI=1S/C12H23N3O4S/c1-5-18-10(8(2)3)11-14-12(19-15-11)9(13)6-7-20(4,16)17/h8-10H,5-7,13H2,1-4H3. The second kappa shape index (κ2) is 7.14. The maximum absolute atomic E-state index is 11.1. The molecule has 0 spiro atoms. The predicted octanol–water partition coefficient (Wildman–Crippen LogP) is 1.24. The molecule has 0 fully saturated rings. The van der Waals surface area contributed by atoms with Gasteiger partial charge in [0.05, 0.1) is 11.8 Å². The first kappa shape index (κ1) is 17.1. The lowest BCUT2D eigenvalue weighted by atomic mass is 10.1. The van der Waals surface area contributed by atoms with Crippen LogP contribution in [0.15, 0.2) is 4.52 Å². The van der Waals surface area contributed by atoms with E-state index in [1.54, 1.807) is 0 Å². The van der Waals surface area contributed by atoms with E-state index in [1.165, 1.54) is 6.26 Å². The lowest BCUT2D eigenvalue weighted by Crippen LogP contribution is -2.17. The van der Waals surface area contributed by atoms with E-state index < -0.39 is 15.9 Å². The zero-order valence-electron chi connectivity index (χ0n) is 12.4. The number of sulfone groups is 1. The molecule has 116 valence electrons. The molecule has 7 nitrogen and oxygen atoms in total. The summed E-state index contributed by atoms with van der Waals surface area (Å²) in [6.45, 7) is 6.45. The van der Waals surface area contributed by atoms with Crippen LogP contribution >= 0.6 is 0 Å². The van der Waals surface area contributed by atoms with Crippen LogP contribution in [0.2, 0.25) is 0 Å². The minimum Gasteiger partial charge on any atom is -0.370 e. The number of aromatic nitrogens is 2. The summed E-state index contributed by atoms with van der Waals surface area (Å²) in [6.07, 6.45) is 1.17. The highest BCUT2D eigenvalue weighted by molar-refractivity contribution is 7.90. The molecule has 2 atom stereocenters. The van der Waals surface area contributed by atoms with Crippen LogP contribution in [0.3, 0.4) is 0 Å². The molecular weight excluding hydrogens is 282 g/mol. The Hall–Kier alpha value is -0.990. The van der Waals surface area contributed by atoms with Gasteiger partial charge in [-0.25, -0.2) is 8.42 Å². The monoisotopic (exact) mass is 305 g/mol. The zero-order chi connectivity index (χ0) is 15.3. The third-order valence-corrected chi connectivity index (χ3v) is 3.76. The highest BCUT2D eigenvalue weighted by Crippen LogP contribution is 2.24. The fraction of sp³-hybridized carbons (Fsp3) is 0.833. The minimum atomic E-state index is -3.05. The van der Waals surface area contributed by atoms with Crippen molar-refractivity contribution < 1.29 is 17.7 Å². The Morgan fingerprint density at radius 3 is 2.55 bits per heavy atom. The van der Waals surface area contributed by atoms with E-state index in [4.69, 9.17) is 15.0 Å². The number of ether oxygens (including phenoxy) is 1. The quantitative estimate of drug-likeness (QED) is 0.769. The topological polar surface area (TPSA) is 108 Å². The molecule has 0 aliphatic rings. The Morgan fingerprint density at radius 2 is 2.05 bits per heavy atom. The van der Waals surface area contributed by atoms with Crippen molar-refractivity contribution in [3.63, 3.8) is 0 Å². The van der Waals surface area contributed by atoms with Crippen LogP contribution < -0.4 is 5.73 Å². The summed E-state index contributed by atoms with van der Waals surface area (Å²) >= 11 is 0. The molecule has 0 aliphatic heterocycles. The largest absolute Gasteiger partial charge is 0.370 e. The van der Waals surface area contributed by atoms with Gasteiger partial charge in [-0.15, -0.1) is 0 Å². The van der Waals surface area contributed by atoms with E-state index in [0.717, 1.165) is 0 Å². The average molecular weight is 305 g/mol. The van der Waals surface area contributed by atoms with Gasteiger partial charge < -0.3 is 15.0 Å². The number of hydrogen-bond acceptors (Lipinski definition) is 7. The molecule has 1 rings (SSSR count). The summed E-state index contributed by atoms with van der Waals surface area (Å²) in [5.74, 6) is 0.888. The number of nitrogens with two attached hydrogens (primary N) is 1. The maximum Gasteiger partial charge on any atom is 0.243 e. The lowest BCUT2D eigenvalue weighted by Gasteiger charge is -2.16. The van der Waals surface area contributed by atoms with Crippen molar-refractivity contribution in [1.29, 1.82) is 0 Å². The summed E-state index contributed by atoms with van der Waals surface area (Å²) in [5, 5.41) is 3.88. The van der Waals surface area contributed by atoms with E-state index in [1.807, 2.05) is 20.8 Å². The summed E-state index contributed by atoms with van der Waals surface area (Å²) in [5.41, 5.74) is 5.86. The average Bonchev–Trinajstić information content (AvgIpc) is 2.80. The first-order chi connectivity index (χ1) is 9.24.